The fourth-order valence-electron chi connectivity index (χ4n) is 2.21. The van der Waals surface area contributed by atoms with E-state index in [-0.39, 0.29) is 23.8 Å². The van der Waals surface area contributed by atoms with Crippen molar-refractivity contribution in [2.24, 2.45) is 19.2 Å². The molecule has 0 aliphatic rings. The van der Waals surface area contributed by atoms with Crippen LogP contribution >= 0.6 is 0 Å². The Morgan fingerprint density at radius 2 is 1.92 bits per heavy atom. The highest BCUT2D eigenvalue weighted by atomic mass is 28.3. The molecule has 0 fully saturated rings. The summed E-state index contributed by atoms with van der Waals surface area (Å²) < 4.78 is 9.29. The van der Waals surface area contributed by atoms with Gasteiger partial charge in [0, 0.05) is 33.7 Å². The number of nitrogens with zero attached hydrogens (tertiary/aromatic N) is 7. The van der Waals surface area contributed by atoms with E-state index in [4.69, 9.17) is 10.3 Å². The molecule has 0 atom stereocenters. The standard InChI is InChI=1S/C13H21N7O3Si/c1-18-10-9(11(21)19(2)13(18)22)20(12(15-10)16-17-14)8-23-6-7-24(3,4)5/h6-8H2,1-5H3. The first kappa shape index (κ1) is 18.0. The average Bonchev–Trinajstić information content (AvgIpc) is 2.85. The second-order valence-electron chi connectivity index (χ2n) is 6.76. The molecule has 0 aromatic carbocycles. The van der Waals surface area contributed by atoms with Crippen LogP contribution in [0.1, 0.15) is 0 Å². The summed E-state index contributed by atoms with van der Waals surface area (Å²) in [5.74, 6) is -0.00111. The zero-order chi connectivity index (χ0) is 18.1. The van der Waals surface area contributed by atoms with Crippen LogP contribution in [0.25, 0.3) is 21.6 Å². The monoisotopic (exact) mass is 351 g/mol. The van der Waals surface area contributed by atoms with E-state index in [0.29, 0.717) is 6.61 Å². The molecular weight excluding hydrogens is 330 g/mol. The lowest BCUT2D eigenvalue weighted by atomic mass is 10.5. The van der Waals surface area contributed by atoms with Crippen molar-refractivity contribution < 1.29 is 4.74 Å². The SMILES string of the molecule is Cn1c(=O)c2c(nc(N=[N+]=[N-])n2COCC[Si](C)(C)C)n(C)c1=O. The van der Waals surface area contributed by atoms with Crippen molar-refractivity contribution in [2.45, 2.75) is 32.4 Å². The van der Waals surface area contributed by atoms with Gasteiger partial charge in [-0.05, 0) is 16.7 Å². The summed E-state index contributed by atoms with van der Waals surface area (Å²) in [6.45, 7) is 7.28. The van der Waals surface area contributed by atoms with Crippen molar-refractivity contribution in [1.82, 2.24) is 18.7 Å². The van der Waals surface area contributed by atoms with Crippen LogP contribution in [0, 0.1) is 0 Å². The van der Waals surface area contributed by atoms with Crippen molar-refractivity contribution in [3.8, 4) is 0 Å². The van der Waals surface area contributed by atoms with Gasteiger partial charge in [0.2, 0.25) is 5.95 Å². The van der Waals surface area contributed by atoms with Gasteiger partial charge in [-0.2, -0.15) is 0 Å². The maximum atomic E-state index is 12.4. The molecule has 0 amide bonds. The summed E-state index contributed by atoms with van der Waals surface area (Å²) in [4.78, 5) is 31.3. The molecule has 2 aromatic rings. The molecule has 0 aliphatic heterocycles. The first-order chi connectivity index (χ1) is 11.2. The average molecular weight is 351 g/mol. The highest BCUT2D eigenvalue weighted by molar-refractivity contribution is 6.76. The molecule has 0 unspecified atom stereocenters. The molecule has 130 valence electrons. The minimum absolute atomic E-state index is 0.00111. The summed E-state index contributed by atoms with van der Waals surface area (Å²) in [6.07, 6.45) is 0. The smallest absolute Gasteiger partial charge is 0.332 e. The van der Waals surface area contributed by atoms with Crippen molar-refractivity contribution in [3.63, 3.8) is 0 Å². The molecule has 10 nitrogen and oxygen atoms in total. The van der Waals surface area contributed by atoms with Gasteiger partial charge in [0.25, 0.3) is 5.56 Å². The van der Waals surface area contributed by atoms with Crippen LogP contribution in [0.4, 0.5) is 5.95 Å². The predicted octanol–water partition coefficient (Wildman–Crippen LogP) is 1.69. The molecule has 0 bridgehead atoms. The van der Waals surface area contributed by atoms with Gasteiger partial charge in [-0.15, -0.1) is 0 Å². The number of hydrogen-bond donors (Lipinski definition) is 0. The Kier molecular flexibility index (Phi) is 4.97. The zero-order valence-corrected chi connectivity index (χ0v) is 15.5. The van der Waals surface area contributed by atoms with Gasteiger partial charge < -0.3 is 4.74 Å². The fraction of sp³-hybridized carbons (Fsp3) is 0.615. The molecule has 0 saturated heterocycles. The summed E-state index contributed by atoms with van der Waals surface area (Å²) in [5, 5.41) is 3.51. The van der Waals surface area contributed by atoms with Crippen LogP contribution in [-0.2, 0) is 25.6 Å². The van der Waals surface area contributed by atoms with Crippen LogP contribution < -0.4 is 11.2 Å². The summed E-state index contributed by atoms with van der Waals surface area (Å²) in [7, 11) is 1.66. The van der Waals surface area contributed by atoms with Gasteiger partial charge in [-0.3, -0.25) is 18.5 Å². The Labute approximate surface area is 138 Å². The van der Waals surface area contributed by atoms with Crippen molar-refractivity contribution in [1.29, 1.82) is 0 Å². The lowest BCUT2D eigenvalue weighted by Gasteiger charge is -2.16. The minimum atomic E-state index is -1.24. The number of hydrogen-bond acceptors (Lipinski definition) is 5. The first-order valence-electron chi connectivity index (χ1n) is 7.46. The van der Waals surface area contributed by atoms with E-state index in [0.717, 1.165) is 10.6 Å². The van der Waals surface area contributed by atoms with Crippen LogP contribution in [0.15, 0.2) is 14.7 Å². The van der Waals surface area contributed by atoms with E-state index in [1.165, 1.54) is 23.2 Å². The molecule has 2 aromatic heterocycles. The third-order valence-corrected chi connectivity index (χ3v) is 5.38. The quantitative estimate of drug-likeness (QED) is 0.258. The summed E-state index contributed by atoms with van der Waals surface area (Å²) in [6, 6.07) is 0.965. The molecule has 2 heterocycles. The summed E-state index contributed by atoms with van der Waals surface area (Å²) >= 11 is 0. The third-order valence-electron chi connectivity index (χ3n) is 3.68. The Balaban J connectivity index is 2.51. The highest BCUT2D eigenvalue weighted by Gasteiger charge is 2.19. The van der Waals surface area contributed by atoms with E-state index in [9.17, 15) is 9.59 Å². The van der Waals surface area contributed by atoms with Crippen LogP contribution in [0.2, 0.25) is 25.7 Å². The molecule has 0 aliphatic carbocycles. The lowest BCUT2D eigenvalue weighted by molar-refractivity contribution is 0.0908. The number of imidazole rings is 1. The Morgan fingerprint density at radius 3 is 2.50 bits per heavy atom. The molecule has 0 radical (unpaired) electrons. The topological polar surface area (TPSA) is 120 Å². The Bertz CT molecular complexity index is 928. The Morgan fingerprint density at radius 1 is 1.25 bits per heavy atom. The van der Waals surface area contributed by atoms with E-state index in [1.54, 1.807) is 0 Å². The molecule has 24 heavy (non-hydrogen) atoms. The number of rotatable bonds is 6. The second-order valence-corrected chi connectivity index (χ2v) is 12.4. The number of aryl methyl sites for hydroxylation is 1. The van der Waals surface area contributed by atoms with Gasteiger partial charge in [0.15, 0.2) is 11.2 Å². The zero-order valence-electron chi connectivity index (χ0n) is 14.5. The first-order valence-corrected chi connectivity index (χ1v) is 11.2. The van der Waals surface area contributed by atoms with E-state index in [2.05, 4.69) is 34.7 Å². The number of fused-ring (bicyclic) bond motifs is 1. The maximum Gasteiger partial charge on any atom is 0.332 e. The highest BCUT2D eigenvalue weighted by Crippen LogP contribution is 2.18. The third kappa shape index (κ3) is 3.42. The van der Waals surface area contributed by atoms with Crippen molar-refractivity contribution in [2.75, 3.05) is 6.61 Å². The molecule has 11 heteroatoms. The number of aromatic nitrogens is 4. The van der Waals surface area contributed by atoms with E-state index < -0.39 is 19.3 Å². The molecule has 2 rings (SSSR count). The normalized spacial score (nSPS) is 11.7. The lowest BCUT2D eigenvalue weighted by Crippen LogP contribution is -2.37. The molecule has 0 N–H and O–H groups in total. The van der Waals surface area contributed by atoms with E-state index >= 15 is 0 Å². The molecular formula is C13H21N7O3Si. The van der Waals surface area contributed by atoms with Gasteiger partial charge in [-0.25, -0.2) is 9.78 Å². The Hall–Kier alpha value is -2.36. The molecule has 0 saturated carbocycles. The predicted molar refractivity (Wildman–Crippen MR) is 93.1 cm³/mol. The van der Waals surface area contributed by atoms with Gasteiger partial charge >= 0.3 is 5.69 Å². The van der Waals surface area contributed by atoms with Crippen LogP contribution in [0.3, 0.4) is 0 Å². The number of azide groups is 1. The summed E-state index contributed by atoms with van der Waals surface area (Å²) in [5.41, 5.74) is 8.05. The maximum absolute atomic E-state index is 12.4. The van der Waals surface area contributed by atoms with Crippen molar-refractivity contribution in [3.05, 3.63) is 31.3 Å². The fourth-order valence-corrected chi connectivity index (χ4v) is 2.96. The molecule has 0 spiro atoms. The van der Waals surface area contributed by atoms with Crippen molar-refractivity contribution >= 4 is 25.2 Å². The van der Waals surface area contributed by atoms with Crippen LogP contribution in [0.5, 0.6) is 0 Å². The van der Waals surface area contributed by atoms with Gasteiger partial charge in [0.05, 0.1) is 0 Å². The van der Waals surface area contributed by atoms with Gasteiger partial charge in [-0.1, -0.05) is 19.6 Å². The largest absolute Gasteiger partial charge is 0.361 e. The van der Waals surface area contributed by atoms with Gasteiger partial charge in [0.1, 0.15) is 6.73 Å². The number of ether oxygens (including phenoxy) is 1. The second kappa shape index (κ2) is 6.63. The van der Waals surface area contributed by atoms with Crippen LogP contribution in [-0.4, -0.2) is 33.4 Å². The minimum Gasteiger partial charge on any atom is -0.361 e. The van der Waals surface area contributed by atoms with E-state index in [1.807, 2.05) is 0 Å².